The summed E-state index contributed by atoms with van der Waals surface area (Å²) < 4.78 is 0. The van der Waals surface area contributed by atoms with Gasteiger partial charge in [0.1, 0.15) is 0 Å². The van der Waals surface area contributed by atoms with E-state index in [4.69, 9.17) is 5.73 Å². The van der Waals surface area contributed by atoms with Crippen LogP contribution in [-0.4, -0.2) is 31.6 Å². The van der Waals surface area contributed by atoms with Gasteiger partial charge in [0.2, 0.25) is 5.91 Å². The Morgan fingerprint density at radius 3 is 2.95 bits per heavy atom. The van der Waals surface area contributed by atoms with Crippen LogP contribution < -0.4 is 16.0 Å². The van der Waals surface area contributed by atoms with E-state index in [1.165, 1.54) is 17.7 Å². The number of aryl methyl sites for hydroxylation is 1. The maximum atomic E-state index is 12.0. The molecule has 1 aliphatic heterocycles. The van der Waals surface area contributed by atoms with E-state index in [1.54, 1.807) is 0 Å². The minimum absolute atomic E-state index is 0.0844. The number of amides is 1. The zero-order valence-corrected chi connectivity index (χ0v) is 13.0. The monoisotopic (exact) mass is 289 g/mol. The van der Waals surface area contributed by atoms with Crippen LogP contribution in [0.2, 0.25) is 0 Å². The van der Waals surface area contributed by atoms with Crippen molar-refractivity contribution in [2.24, 2.45) is 5.73 Å². The third kappa shape index (κ3) is 4.21. The molecule has 0 saturated heterocycles. The molecule has 0 spiro atoms. The molecule has 116 valence electrons. The molecule has 0 fully saturated rings. The molecule has 1 aromatic carbocycles. The number of anilines is 1. The van der Waals surface area contributed by atoms with E-state index >= 15 is 0 Å². The second-order valence-corrected chi connectivity index (χ2v) is 5.72. The fraction of sp³-hybridized carbons (Fsp3) is 0.588. The molecule has 0 bridgehead atoms. The molecular weight excluding hydrogens is 262 g/mol. The van der Waals surface area contributed by atoms with Gasteiger partial charge in [-0.2, -0.15) is 0 Å². The van der Waals surface area contributed by atoms with Gasteiger partial charge in [0.15, 0.2) is 0 Å². The van der Waals surface area contributed by atoms with Gasteiger partial charge < -0.3 is 16.0 Å². The maximum absolute atomic E-state index is 12.0. The number of carbonyl (C=O) groups excluding carboxylic acids is 1. The first kappa shape index (κ1) is 15.8. The van der Waals surface area contributed by atoms with E-state index in [9.17, 15) is 4.79 Å². The smallest absolute Gasteiger partial charge is 0.222 e. The van der Waals surface area contributed by atoms with Crippen LogP contribution in [0.1, 0.15) is 38.2 Å². The molecule has 4 nitrogen and oxygen atoms in total. The van der Waals surface area contributed by atoms with Crippen molar-refractivity contribution in [1.29, 1.82) is 0 Å². The number of nitrogens with zero attached hydrogens (tertiary/aromatic N) is 1. The number of nitrogens with two attached hydrogens (primary N) is 1. The van der Waals surface area contributed by atoms with Crippen LogP contribution in [0.5, 0.6) is 0 Å². The summed E-state index contributed by atoms with van der Waals surface area (Å²) in [5.74, 6) is 0.106. The SMILES string of the molecule is CCCNC(=O)CC(CN)N1CCCCc2ccccc21. The summed E-state index contributed by atoms with van der Waals surface area (Å²) in [4.78, 5) is 14.4. The topological polar surface area (TPSA) is 58.4 Å². The standard InChI is InChI=1S/C17H27N3O/c1-2-10-19-17(21)12-15(13-18)20-11-6-5-8-14-7-3-4-9-16(14)20/h3-4,7,9,15H,2,5-6,8,10-13,18H2,1H3,(H,19,21). The van der Waals surface area contributed by atoms with Crippen molar-refractivity contribution >= 4 is 11.6 Å². The molecule has 0 radical (unpaired) electrons. The quantitative estimate of drug-likeness (QED) is 0.843. The van der Waals surface area contributed by atoms with Crippen LogP contribution in [0.25, 0.3) is 0 Å². The number of fused-ring (bicyclic) bond motifs is 1. The average molecular weight is 289 g/mol. The van der Waals surface area contributed by atoms with Gasteiger partial charge in [-0.05, 0) is 37.3 Å². The van der Waals surface area contributed by atoms with E-state index in [-0.39, 0.29) is 11.9 Å². The molecule has 2 rings (SSSR count). The normalized spacial score (nSPS) is 16.0. The molecule has 1 atom stereocenters. The highest BCUT2D eigenvalue weighted by Gasteiger charge is 2.23. The fourth-order valence-corrected chi connectivity index (χ4v) is 2.97. The van der Waals surface area contributed by atoms with Crippen molar-refractivity contribution in [2.75, 3.05) is 24.5 Å². The lowest BCUT2D eigenvalue weighted by molar-refractivity contribution is -0.121. The molecule has 1 heterocycles. The molecule has 1 aliphatic rings. The van der Waals surface area contributed by atoms with E-state index < -0.39 is 0 Å². The van der Waals surface area contributed by atoms with Gasteiger partial charge >= 0.3 is 0 Å². The highest BCUT2D eigenvalue weighted by atomic mass is 16.1. The van der Waals surface area contributed by atoms with E-state index in [1.807, 2.05) is 0 Å². The van der Waals surface area contributed by atoms with Gasteiger partial charge in [-0.15, -0.1) is 0 Å². The Bertz CT molecular complexity index is 461. The van der Waals surface area contributed by atoms with E-state index in [2.05, 4.69) is 41.4 Å². The first-order valence-electron chi connectivity index (χ1n) is 8.07. The average Bonchev–Trinajstić information content (AvgIpc) is 2.73. The number of hydrogen-bond donors (Lipinski definition) is 2. The fourth-order valence-electron chi connectivity index (χ4n) is 2.97. The van der Waals surface area contributed by atoms with Crippen LogP contribution in [0.15, 0.2) is 24.3 Å². The zero-order chi connectivity index (χ0) is 15.1. The molecule has 0 saturated carbocycles. The summed E-state index contributed by atoms with van der Waals surface area (Å²) >= 11 is 0. The Balaban J connectivity index is 2.11. The lowest BCUT2D eigenvalue weighted by Crippen LogP contribution is -2.44. The largest absolute Gasteiger partial charge is 0.367 e. The van der Waals surface area contributed by atoms with Gasteiger partial charge in [0, 0.05) is 37.8 Å². The molecule has 1 amide bonds. The van der Waals surface area contributed by atoms with Gasteiger partial charge in [0.05, 0.1) is 0 Å². The summed E-state index contributed by atoms with van der Waals surface area (Å²) in [5, 5.41) is 2.95. The number of benzene rings is 1. The molecule has 4 heteroatoms. The number of hydrogen-bond acceptors (Lipinski definition) is 3. The third-order valence-corrected chi connectivity index (χ3v) is 4.10. The van der Waals surface area contributed by atoms with Gasteiger partial charge in [0.25, 0.3) is 0 Å². The molecular formula is C17H27N3O. The Labute approximate surface area is 127 Å². The number of nitrogens with one attached hydrogen (secondary N) is 1. The van der Waals surface area contributed by atoms with E-state index in [0.717, 1.165) is 32.4 Å². The van der Waals surface area contributed by atoms with Crippen molar-refractivity contribution in [3.05, 3.63) is 29.8 Å². The molecule has 0 aliphatic carbocycles. The molecule has 21 heavy (non-hydrogen) atoms. The highest BCUT2D eigenvalue weighted by Crippen LogP contribution is 2.28. The van der Waals surface area contributed by atoms with Crippen LogP contribution in [-0.2, 0) is 11.2 Å². The third-order valence-electron chi connectivity index (χ3n) is 4.10. The maximum Gasteiger partial charge on any atom is 0.222 e. The molecule has 3 N–H and O–H groups in total. The predicted molar refractivity (Wildman–Crippen MR) is 87.5 cm³/mol. The van der Waals surface area contributed by atoms with Crippen LogP contribution in [0, 0.1) is 0 Å². The number of para-hydroxylation sites is 1. The van der Waals surface area contributed by atoms with Crippen LogP contribution >= 0.6 is 0 Å². The van der Waals surface area contributed by atoms with Gasteiger partial charge in [-0.1, -0.05) is 25.1 Å². The molecule has 1 unspecified atom stereocenters. The van der Waals surface area contributed by atoms with Crippen molar-refractivity contribution in [1.82, 2.24) is 5.32 Å². The molecule has 1 aromatic rings. The number of carbonyl (C=O) groups is 1. The first-order chi connectivity index (χ1) is 10.3. The van der Waals surface area contributed by atoms with Gasteiger partial charge in [-0.25, -0.2) is 0 Å². The van der Waals surface area contributed by atoms with E-state index in [0.29, 0.717) is 13.0 Å². The lowest BCUT2D eigenvalue weighted by Gasteiger charge is -2.33. The lowest BCUT2D eigenvalue weighted by atomic mass is 10.1. The summed E-state index contributed by atoms with van der Waals surface area (Å²) in [7, 11) is 0. The minimum atomic E-state index is 0.0844. The highest BCUT2D eigenvalue weighted by molar-refractivity contribution is 5.77. The van der Waals surface area contributed by atoms with Crippen molar-refractivity contribution in [2.45, 2.75) is 45.1 Å². The summed E-state index contributed by atoms with van der Waals surface area (Å²) in [6.45, 7) is 4.30. The molecule has 0 aromatic heterocycles. The number of rotatable bonds is 6. The van der Waals surface area contributed by atoms with Crippen molar-refractivity contribution in [3.63, 3.8) is 0 Å². The summed E-state index contributed by atoms with van der Waals surface area (Å²) in [6.07, 6.45) is 4.91. The van der Waals surface area contributed by atoms with Crippen molar-refractivity contribution < 1.29 is 4.79 Å². The van der Waals surface area contributed by atoms with Gasteiger partial charge in [-0.3, -0.25) is 4.79 Å². The zero-order valence-electron chi connectivity index (χ0n) is 13.0. The Hall–Kier alpha value is -1.55. The van der Waals surface area contributed by atoms with Crippen LogP contribution in [0.3, 0.4) is 0 Å². The Kier molecular flexibility index (Phi) is 6.05. The second-order valence-electron chi connectivity index (χ2n) is 5.72. The minimum Gasteiger partial charge on any atom is -0.367 e. The predicted octanol–water partition coefficient (Wildman–Crippen LogP) is 2.07. The Morgan fingerprint density at radius 2 is 2.19 bits per heavy atom. The summed E-state index contributed by atoms with van der Waals surface area (Å²) in [6, 6.07) is 8.60. The second kappa shape index (κ2) is 8.03. The summed E-state index contributed by atoms with van der Waals surface area (Å²) in [5.41, 5.74) is 8.60. The Morgan fingerprint density at radius 1 is 1.38 bits per heavy atom. The first-order valence-corrected chi connectivity index (χ1v) is 8.07. The van der Waals surface area contributed by atoms with Crippen molar-refractivity contribution in [3.8, 4) is 0 Å². The van der Waals surface area contributed by atoms with Crippen LogP contribution in [0.4, 0.5) is 5.69 Å².